The van der Waals surface area contributed by atoms with Gasteiger partial charge in [-0.1, -0.05) is 0 Å². The van der Waals surface area contributed by atoms with Crippen molar-refractivity contribution < 1.29 is 25.2 Å². The minimum Gasteiger partial charge on any atom is -0.481 e. The number of aliphatic carboxylic acids is 1. The zero-order valence-electron chi connectivity index (χ0n) is 6.68. The van der Waals surface area contributed by atoms with E-state index in [2.05, 4.69) is 0 Å². The first-order valence-electron chi connectivity index (χ1n) is 3.75. The summed E-state index contributed by atoms with van der Waals surface area (Å²) in [6, 6.07) is 0. The van der Waals surface area contributed by atoms with Gasteiger partial charge in [0.2, 0.25) is 0 Å². The molecular weight excluding hydrogens is 164 g/mol. The molecule has 0 fully saturated rings. The van der Waals surface area contributed by atoms with Crippen molar-refractivity contribution in [1.82, 2.24) is 0 Å². The van der Waals surface area contributed by atoms with Crippen LogP contribution < -0.4 is 0 Å². The minimum atomic E-state index is -1.10. The van der Waals surface area contributed by atoms with Crippen molar-refractivity contribution in [3.8, 4) is 0 Å². The molecule has 0 spiro atoms. The molecule has 0 bridgehead atoms. The molecule has 5 nitrogen and oxygen atoms in total. The van der Waals surface area contributed by atoms with E-state index in [-0.39, 0.29) is 25.9 Å². The topological polar surface area (TPSA) is 98.0 Å². The van der Waals surface area contributed by atoms with E-state index in [1.54, 1.807) is 0 Å². The molecule has 0 radical (unpaired) electrons. The number of hydrogen-bond donors (Lipinski definition) is 4. The number of hydrogen-bond acceptors (Lipinski definition) is 4. The fraction of sp³-hybridized carbons (Fsp3) is 0.857. The van der Waals surface area contributed by atoms with Crippen LogP contribution in [0.1, 0.15) is 19.3 Å². The Morgan fingerprint density at radius 3 is 2.25 bits per heavy atom. The summed E-state index contributed by atoms with van der Waals surface area (Å²) < 4.78 is 0. The molecule has 0 aromatic heterocycles. The van der Waals surface area contributed by atoms with E-state index in [1.807, 2.05) is 0 Å². The summed E-state index contributed by atoms with van der Waals surface area (Å²) in [6.07, 6.45) is -2.08. The maximum Gasteiger partial charge on any atom is 0.305 e. The molecule has 0 saturated heterocycles. The summed E-state index contributed by atoms with van der Waals surface area (Å²) in [6.45, 7) is -0.166. The second-order valence-electron chi connectivity index (χ2n) is 2.65. The van der Waals surface area contributed by atoms with Crippen molar-refractivity contribution in [1.29, 1.82) is 0 Å². The van der Waals surface area contributed by atoms with Crippen molar-refractivity contribution >= 4 is 5.97 Å². The maximum atomic E-state index is 10.1. The Labute approximate surface area is 70.3 Å². The molecule has 0 aromatic carbocycles. The van der Waals surface area contributed by atoms with Crippen LogP contribution in [0.5, 0.6) is 0 Å². The van der Waals surface area contributed by atoms with E-state index in [1.165, 1.54) is 0 Å². The summed E-state index contributed by atoms with van der Waals surface area (Å²) in [4.78, 5) is 10.1. The summed E-state index contributed by atoms with van der Waals surface area (Å²) in [5.41, 5.74) is 0. The van der Waals surface area contributed by atoms with Crippen molar-refractivity contribution in [3.05, 3.63) is 0 Å². The van der Waals surface area contributed by atoms with Crippen LogP contribution in [0.2, 0.25) is 0 Å². The molecule has 12 heavy (non-hydrogen) atoms. The Morgan fingerprint density at radius 2 is 1.83 bits per heavy atom. The monoisotopic (exact) mass is 178 g/mol. The quantitative estimate of drug-likeness (QED) is 0.416. The molecule has 4 N–H and O–H groups in total. The van der Waals surface area contributed by atoms with Gasteiger partial charge in [0.15, 0.2) is 0 Å². The fourth-order valence-electron chi connectivity index (χ4n) is 0.866. The third-order valence-electron chi connectivity index (χ3n) is 1.42. The highest BCUT2D eigenvalue weighted by atomic mass is 16.4. The molecule has 0 aromatic rings. The van der Waals surface area contributed by atoms with Crippen molar-refractivity contribution in [3.63, 3.8) is 0 Å². The van der Waals surface area contributed by atoms with Crippen LogP contribution in [0.25, 0.3) is 0 Å². The molecule has 0 heterocycles. The highest BCUT2D eigenvalue weighted by Crippen LogP contribution is 2.05. The van der Waals surface area contributed by atoms with Gasteiger partial charge in [-0.25, -0.2) is 0 Å². The van der Waals surface area contributed by atoms with Gasteiger partial charge in [-0.2, -0.15) is 0 Å². The predicted octanol–water partition coefficient (Wildman–Crippen LogP) is -1.04. The van der Waals surface area contributed by atoms with Gasteiger partial charge in [0.1, 0.15) is 0 Å². The average molecular weight is 178 g/mol. The lowest BCUT2D eigenvalue weighted by Gasteiger charge is -2.12. The fourth-order valence-corrected chi connectivity index (χ4v) is 0.866. The molecule has 0 rings (SSSR count). The van der Waals surface area contributed by atoms with Gasteiger partial charge in [0.05, 0.1) is 18.6 Å². The van der Waals surface area contributed by atoms with Crippen LogP contribution in [0.4, 0.5) is 0 Å². The number of carboxylic acids is 1. The molecule has 0 unspecified atom stereocenters. The first-order chi connectivity index (χ1) is 5.56. The summed E-state index contributed by atoms with van der Waals surface area (Å²) in [5.74, 6) is -1.10. The number of rotatable bonds is 6. The van der Waals surface area contributed by atoms with Gasteiger partial charge in [0.25, 0.3) is 0 Å². The molecule has 0 amide bonds. The van der Waals surface area contributed by atoms with Crippen LogP contribution in [0.15, 0.2) is 0 Å². The second kappa shape index (κ2) is 5.93. The zero-order chi connectivity index (χ0) is 9.56. The zero-order valence-corrected chi connectivity index (χ0v) is 6.68. The third kappa shape index (κ3) is 6.09. The lowest BCUT2D eigenvalue weighted by Crippen LogP contribution is -2.21. The Balaban J connectivity index is 3.53. The SMILES string of the molecule is O=C(O)C[C@H](O)C[C@H](O)CCO. The van der Waals surface area contributed by atoms with Crippen molar-refractivity contribution in [2.24, 2.45) is 0 Å². The lowest BCUT2D eigenvalue weighted by atomic mass is 10.1. The van der Waals surface area contributed by atoms with Gasteiger partial charge in [0, 0.05) is 6.61 Å². The smallest absolute Gasteiger partial charge is 0.305 e. The standard InChI is InChI=1S/C7H14O5/c8-2-1-5(9)3-6(10)4-7(11)12/h5-6,8-10H,1-4H2,(H,11,12)/t5-,6-/m1/s1. The van der Waals surface area contributed by atoms with Crippen LogP contribution in [0.3, 0.4) is 0 Å². The van der Waals surface area contributed by atoms with Gasteiger partial charge >= 0.3 is 5.97 Å². The highest BCUT2D eigenvalue weighted by Gasteiger charge is 2.14. The molecule has 72 valence electrons. The lowest BCUT2D eigenvalue weighted by molar-refractivity contribution is -0.139. The number of aliphatic hydroxyl groups is 3. The van der Waals surface area contributed by atoms with Crippen LogP contribution >= 0.6 is 0 Å². The minimum absolute atomic E-state index is 0.00708. The molecule has 2 atom stereocenters. The van der Waals surface area contributed by atoms with Gasteiger partial charge < -0.3 is 20.4 Å². The normalized spacial score (nSPS) is 15.6. The van der Waals surface area contributed by atoms with Crippen LogP contribution in [0, 0.1) is 0 Å². The molecular formula is C7H14O5. The molecule has 5 heteroatoms. The molecule has 0 aliphatic heterocycles. The largest absolute Gasteiger partial charge is 0.481 e. The maximum absolute atomic E-state index is 10.1. The average Bonchev–Trinajstić information content (AvgIpc) is 1.84. The summed E-state index contributed by atoms with van der Waals surface area (Å²) in [5, 5.41) is 34.6. The van der Waals surface area contributed by atoms with E-state index in [0.29, 0.717) is 0 Å². The first-order valence-corrected chi connectivity index (χ1v) is 3.75. The van der Waals surface area contributed by atoms with E-state index >= 15 is 0 Å². The predicted molar refractivity (Wildman–Crippen MR) is 40.6 cm³/mol. The molecule has 0 aliphatic carbocycles. The van der Waals surface area contributed by atoms with Crippen molar-refractivity contribution in [2.75, 3.05) is 6.61 Å². The van der Waals surface area contributed by atoms with Crippen LogP contribution in [-0.2, 0) is 4.79 Å². The number of carboxylic acid groups (broad SMARTS) is 1. The van der Waals surface area contributed by atoms with E-state index in [9.17, 15) is 4.79 Å². The molecule has 0 aliphatic rings. The van der Waals surface area contributed by atoms with Gasteiger partial charge in [-0.05, 0) is 12.8 Å². The third-order valence-corrected chi connectivity index (χ3v) is 1.42. The number of carbonyl (C=O) groups is 1. The number of aliphatic hydroxyl groups excluding tert-OH is 3. The first kappa shape index (κ1) is 11.4. The van der Waals surface area contributed by atoms with Crippen molar-refractivity contribution in [2.45, 2.75) is 31.5 Å². The van der Waals surface area contributed by atoms with Gasteiger partial charge in [-0.3, -0.25) is 4.79 Å². The Hall–Kier alpha value is -0.650. The van der Waals surface area contributed by atoms with Gasteiger partial charge in [-0.15, -0.1) is 0 Å². The highest BCUT2D eigenvalue weighted by molar-refractivity contribution is 5.67. The Bertz CT molecular complexity index is 136. The molecule has 0 saturated carbocycles. The summed E-state index contributed by atoms with van der Waals surface area (Å²) >= 11 is 0. The summed E-state index contributed by atoms with van der Waals surface area (Å²) in [7, 11) is 0. The van der Waals surface area contributed by atoms with E-state index in [0.717, 1.165) is 0 Å². The Morgan fingerprint density at radius 1 is 1.25 bits per heavy atom. The second-order valence-corrected chi connectivity index (χ2v) is 2.65. The van der Waals surface area contributed by atoms with E-state index in [4.69, 9.17) is 20.4 Å². The van der Waals surface area contributed by atoms with Crippen LogP contribution in [-0.4, -0.2) is 45.2 Å². The Kier molecular flexibility index (Phi) is 5.61. The van der Waals surface area contributed by atoms with E-state index < -0.39 is 18.2 Å².